The molecule has 30 heavy (non-hydrogen) atoms. The van der Waals surface area contributed by atoms with Gasteiger partial charge in [-0.25, -0.2) is 14.4 Å². The first-order chi connectivity index (χ1) is 14.5. The van der Waals surface area contributed by atoms with Crippen LogP contribution >= 0.6 is 0 Å². The SMILES string of the molecule is CCOC(=O)c1cccc(-c2ccc(C=C3C(=O)OC4(CCCCC4)OC3=O)o2)c1. The van der Waals surface area contributed by atoms with E-state index in [1.165, 1.54) is 6.08 Å². The zero-order valence-corrected chi connectivity index (χ0v) is 16.6. The molecule has 0 bridgehead atoms. The molecule has 1 aliphatic carbocycles. The number of carbonyl (C=O) groups excluding carboxylic acids is 3. The van der Waals surface area contributed by atoms with Crippen LogP contribution in [0, 0.1) is 0 Å². The Morgan fingerprint density at radius 2 is 1.80 bits per heavy atom. The van der Waals surface area contributed by atoms with Crippen molar-refractivity contribution in [3.63, 3.8) is 0 Å². The zero-order valence-electron chi connectivity index (χ0n) is 16.6. The van der Waals surface area contributed by atoms with Gasteiger partial charge in [-0.1, -0.05) is 18.6 Å². The number of hydrogen-bond donors (Lipinski definition) is 0. The minimum Gasteiger partial charge on any atom is -0.462 e. The summed E-state index contributed by atoms with van der Waals surface area (Å²) in [6.07, 6.45) is 5.11. The van der Waals surface area contributed by atoms with E-state index in [1.54, 1.807) is 43.3 Å². The average molecular weight is 410 g/mol. The Balaban J connectivity index is 1.54. The molecule has 4 rings (SSSR count). The normalized spacial score (nSPS) is 18.0. The number of carbonyl (C=O) groups is 3. The van der Waals surface area contributed by atoms with Crippen molar-refractivity contribution in [2.24, 2.45) is 0 Å². The molecule has 0 atom stereocenters. The first-order valence-corrected chi connectivity index (χ1v) is 10.1. The largest absolute Gasteiger partial charge is 0.462 e. The summed E-state index contributed by atoms with van der Waals surface area (Å²) in [6, 6.07) is 10.1. The van der Waals surface area contributed by atoms with Gasteiger partial charge >= 0.3 is 17.9 Å². The van der Waals surface area contributed by atoms with Crippen molar-refractivity contribution < 1.29 is 33.0 Å². The highest BCUT2D eigenvalue weighted by Gasteiger charge is 2.46. The fourth-order valence-corrected chi connectivity index (χ4v) is 3.71. The highest BCUT2D eigenvalue weighted by molar-refractivity contribution is 6.18. The summed E-state index contributed by atoms with van der Waals surface area (Å²) in [4.78, 5) is 36.8. The van der Waals surface area contributed by atoms with Crippen molar-refractivity contribution in [3.05, 3.63) is 53.3 Å². The second-order valence-corrected chi connectivity index (χ2v) is 7.31. The van der Waals surface area contributed by atoms with E-state index in [0.29, 0.717) is 35.5 Å². The van der Waals surface area contributed by atoms with E-state index in [2.05, 4.69) is 0 Å². The Kier molecular flexibility index (Phi) is 5.44. The maximum absolute atomic E-state index is 12.5. The van der Waals surface area contributed by atoms with Gasteiger partial charge < -0.3 is 18.6 Å². The molecule has 1 spiro atoms. The van der Waals surface area contributed by atoms with Crippen LogP contribution in [0.3, 0.4) is 0 Å². The van der Waals surface area contributed by atoms with E-state index in [1.807, 2.05) is 0 Å². The number of benzene rings is 1. The van der Waals surface area contributed by atoms with Gasteiger partial charge in [-0.2, -0.15) is 0 Å². The molecular weight excluding hydrogens is 388 g/mol. The van der Waals surface area contributed by atoms with Crippen LogP contribution in [-0.4, -0.2) is 30.3 Å². The lowest BCUT2D eigenvalue weighted by molar-refractivity contribution is -0.244. The molecule has 156 valence electrons. The molecule has 0 amide bonds. The number of ether oxygens (including phenoxy) is 3. The molecule has 1 aromatic carbocycles. The standard InChI is InChI=1S/C23H22O7/c1-2-27-20(24)16-8-6-7-15(13-16)19-10-9-17(28-19)14-18-21(25)29-23(30-22(18)26)11-4-3-5-12-23/h6-10,13-14H,2-5,11-12H2,1H3. The van der Waals surface area contributed by atoms with Crippen molar-refractivity contribution in [2.75, 3.05) is 6.61 Å². The smallest absolute Gasteiger partial charge is 0.349 e. The van der Waals surface area contributed by atoms with Gasteiger partial charge in [-0.05, 0) is 44.0 Å². The summed E-state index contributed by atoms with van der Waals surface area (Å²) in [5.74, 6) is -2.15. The quantitative estimate of drug-likeness (QED) is 0.422. The molecule has 0 radical (unpaired) electrons. The molecular formula is C23H22O7. The van der Waals surface area contributed by atoms with Crippen molar-refractivity contribution in [3.8, 4) is 11.3 Å². The van der Waals surface area contributed by atoms with Crippen LogP contribution in [0.5, 0.6) is 0 Å². The molecule has 2 aromatic rings. The van der Waals surface area contributed by atoms with Gasteiger partial charge in [-0.3, -0.25) is 0 Å². The Labute approximate surface area is 173 Å². The first-order valence-electron chi connectivity index (χ1n) is 10.1. The highest BCUT2D eigenvalue weighted by Crippen LogP contribution is 2.37. The van der Waals surface area contributed by atoms with E-state index in [9.17, 15) is 14.4 Å². The number of furan rings is 1. The molecule has 7 heteroatoms. The van der Waals surface area contributed by atoms with Crippen molar-refractivity contribution in [1.29, 1.82) is 0 Å². The summed E-state index contributed by atoms with van der Waals surface area (Å²) in [5, 5.41) is 0. The number of hydrogen-bond acceptors (Lipinski definition) is 7. The van der Waals surface area contributed by atoms with Gasteiger partial charge in [0.2, 0.25) is 0 Å². The monoisotopic (exact) mass is 410 g/mol. The summed E-state index contributed by atoms with van der Waals surface area (Å²) in [5.41, 5.74) is 0.871. The van der Waals surface area contributed by atoms with Gasteiger partial charge in [0.05, 0.1) is 12.2 Å². The van der Waals surface area contributed by atoms with E-state index in [4.69, 9.17) is 18.6 Å². The Hall–Kier alpha value is -3.35. The van der Waals surface area contributed by atoms with E-state index < -0.39 is 23.7 Å². The van der Waals surface area contributed by atoms with Crippen LogP contribution in [0.15, 0.2) is 46.4 Å². The predicted molar refractivity (Wildman–Crippen MR) is 106 cm³/mol. The van der Waals surface area contributed by atoms with Crippen molar-refractivity contribution >= 4 is 24.0 Å². The van der Waals surface area contributed by atoms with Crippen molar-refractivity contribution in [2.45, 2.75) is 44.8 Å². The average Bonchev–Trinajstić information content (AvgIpc) is 3.20. The van der Waals surface area contributed by atoms with Crippen molar-refractivity contribution in [1.82, 2.24) is 0 Å². The Bertz CT molecular complexity index is 986. The maximum Gasteiger partial charge on any atom is 0.349 e. The zero-order chi connectivity index (χ0) is 21.1. The molecule has 0 unspecified atom stereocenters. The fourth-order valence-electron chi connectivity index (χ4n) is 3.71. The predicted octanol–water partition coefficient (Wildman–Crippen LogP) is 4.27. The molecule has 2 fully saturated rings. The second-order valence-electron chi connectivity index (χ2n) is 7.31. The maximum atomic E-state index is 12.5. The topological polar surface area (TPSA) is 92.0 Å². The number of rotatable bonds is 4. The summed E-state index contributed by atoms with van der Waals surface area (Å²) in [6.45, 7) is 2.03. The second kappa shape index (κ2) is 8.18. The third kappa shape index (κ3) is 4.01. The minimum absolute atomic E-state index is 0.202. The summed E-state index contributed by atoms with van der Waals surface area (Å²) >= 11 is 0. The highest BCUT2D eigenvalue weighted by atomic mass is 16.7. The summed E-state index contributed by atoms with van der Waals surface area (Å²) < 4.78 is 21.7. The molecule has 1 saturated carbocycles. The van der Waals surface area contributed by atoms with Gasteiger partial charge in [0.25, 0.3) is 5.79 Å². The third-order valence-electron chi connectivity index (χ3n) is 5.18. The molecule has 1 aromatic heterocycles. The van der Waals surface area contributed by atoms with Gasteiger partial charge in [0.1, 0.15) is 17.1 Å². The number of esters is 3. The lowest BCUT2D eigenvalue weighted by Crippen LogP contribution is -2.47. The van der Waals surface area contributed by atoms with E-state index in [-0.39, 0.29) is 12.2 Å². The minimum atomic E-state index is -1.12. The molecule has 7 nitrogen and oxygen atoms in total. The molecule has 0 N–H and O–H groups in total. The van der Waals surface area contributed by atoms with Crippen LogP contribution in [0.2, 0.25) is 0 Å². The van der Waals surface area contributed by atoms with Gasteiger partial charge in [0, 0.05) is 24.5 Å². The first kappa shape index (κ1) is 19.9. The van der Waals surface area contributed by atoms with Gasteiger partial charge in [0.15, 0.2) is 0 Å². The third-order valence-corrected chi connectivity index (χ3v) is 5.18. The molecule has 2 aliphatic rings. The van der Waals surface area contributed by atoms with Crippen LogP contribution in [0.4, 0.5) is 0 Å². The van der Waals surface area contributed by atoms with E-state index in [0.717, 1.165) is 19.3 Å². The lowest BCUT2D eigenvalue weighted by atomic mass is 9.93. The molecule has 1 saturated heterocycles. The van der Waals surface area contributed by atoms with Crippen LogP contribution in [-0.2, 0) is 23.8 Å². The van der Waals surface area contributed by atoms with Crippen LogP contribution in [0.25, 0.3) is 17.4 Å². The Morgan fingerprint density at radius 3 is 2.50 bits per heavy atom. The van der Waals surface area contributed by atoms with Crippen LogP contribution < -0.4 is 0 Å². The fraction of sp³-hybridized carbons (Fsp3) is 0.348. The molecule has 2 heterocycles. The van der Waals surface area contributed by atoms with Crippen LogP contribution in [0.1, 0.15) is 55.1 Å². The lowest BCUT2D eigenvalue weighted by Gasteiger charge is -2.38. The van der Waals surface area contributed by atoms with E-state index >= 15 is 0 Å². The van der Waals surface area contributed by atoms with Gasteiger partial charge in [-0.15, -0.1) is 0 Å². The summed E-state index contributed by atoms with van der Waals surface area (Å²) in [7, 11) is 0. The molecule has 1 aliphatic heterocycles. The Morgan fingerprint density at radius 1 is 1.07 bits per heavy atom.